The largest absolute Gasteiger partial charge is 0.312 e. The van der Waals surface area contributed by atoms with Gasteiger partial charge in [-0.3, -0.25) is 4.98 Å². The van der Waals surface area contributed by atoms with E-state index >= 15 is 0 Å². The molecule has 1 rings (SSSR count). The van der Waals surface area contributed by atoms with E-state index in [0.29, 0.717) is 0 Å². The van der Waals surface area contributed by atoms with Crippen molar-refractivity contribution in [2.24, 2.45) is 0 Å². The lowest BCUT2D eigenvalue weighted by Crippen LogP contribution is -2.15. The van der Waals surface area contributed by atoms with E-state index in [0.717, 1.165) is 23.3 Å². The van der Waals surface area contributed by atoms with Crippen molar-refractivity contribution in [3.63, 3.8) is 0 Å². The van der Waals surface area contributed by atoms with Gasteiger partial charge in [-0.05, 0) is 27.6 Å². The fraction of sp³-hybridized carbons (Fsp3) is 0.375. The number of aromatic nitrogens is 1. The molecule has 2 nitrogen and oxygen atoms in total. The second-order valence-electron chi connectivity index (χ2n) is 2.41. The Morgan fingerprint density at radius 3 is 3.00 bits per heavy atom. The van der Waals surface area contributed by atoms with Gasteiger partial charge < -0.3 is 5.32 Å². The zero-order chi connectivity index (χ0) is 8.81. The molecule has 0 amide bonds. The Hall–Kier alpha value is -0.0600. The Balaban J connectivity index is 2.41. The summed E-state index contributed by atoms with van der Waals surface area (Å²) in [6.45, 7) is 1.78. The van der Waals surface area contributed by atoms with Crippen LogP contribution in [0.1, 0.15) is 5.56 Å². The first-order valence-electron chi connectivity index (χ1n) is 3.74. The molecule has 0 aromatic carbocycles. The Morgan fingerprint density at radius 1 is 1.50 bits per heavy atom. The summed E-state index contributed by atoms with van der Waals surface area (Å²) in [6, 6.07) is 2.05. The van der Waals surface area contributed by atoms with Gasteiger partial charge in [0.2, 0.25) is 0 Å². The van der Waals surface area contributed by atoms with E-state index < -0.39 is 0 Å². The SMILES string of the molecule is SCCNCc1cncc(Br)c1. The Labute approximate surface area is 86.3 Å². The summed E-state index contributed by atoms with van der Waals surface area (Å²) >= 11 is 7.47. The standard InChI is InChI=1S/C8H11BrN2S/c9-8-3-7(5-11-6-8)4-10-1-2-12/h3,5-6,10,12H,1-2,4H2. The molecule has 4 heteroatoms. The molecule has 12 heavy (non-hydrogen) atoms. The van der Waals surface area contributed by atoms with E-state index in [1.165, 1.54) is 5.56 Å². The summed E-state index contributed by atoms with van der Waals surface area (Å²) < 4.78 is 1.02. The number of hydrogen-bond acceptors (Lipinski definition) is 3. The third kappa shape index (κ3) is 3.56. The third-order valence-electron chi connectivity index (χ3n) is 1.38. The molecule has 0 spiro atoms. The van der Waals surface area contributed by atoms with Crippen LogP contribution in [0.15, 0.2) is 22.9 Å². The first kappa shape index (κ1) is 10.0. The maximum Gasteiger partial charge on any atom is 0.0410 e. The van der Waals surface area contributed by atoms with Crippen LogP contribution in [0, 0.1) is 0 Å². The summed E-state index contributed by atoms with van der Waals surface area (Å²) in [5.74, 6) is 0.863. The van der Waals surface area contributed by atoms with Crippen LogP contribution >= 0.6 is 28.6 Å². The molecule has 0 bridgehead atoms. The molecular weight excluding hydrogens is 236 g/mol. The van der Waals surface area contributed by atoms with Crippen molar-refractivity contribution in [2.45, 2.75) is 6.54 Å². The lowest BCUT2D eigenvalue weighted by molar-refractivity contribution is 0.730. The molecule has 1 N–H and O–H groups in total. The molecule has 0 fully saturated rings. The van der Waals surface area contributed by atoms with Gasteiger partial charge in [-0.2, -0.15) is 12.6 Å². The van der Waals surface area contributed by atoms with E-state index in [1.54, 1.807) is 6.20 Å². The number of thiol groups is 1. The molecule has 0 radical (unpaired) electrons. The second-order valence-corrected chi connectivity index (χ2v) is 3.77. The van der Waals surface area contributed by atoms with Gasteiger partial charge in [-0.1, -0.05) is 0 Å². The summed E-state index contributed by atoms with van der Waals surface area (Å²) in [4.78, 5) is 4.06. The summed E-state index contributed by atoms with van der Waals surface area (Å²) in [5.41, 5.74) is 1.19. The fourth-order valence-electron chi connectivity index (χ4n) is 0.864. The van der Waals surface area contributed by atoms with Crippen LogP contribution in [0.4, 0.5) is 0 Å². The van der Waals surface area contributed by atoms with E-state index in [4.69, 9.17) is 0 Å². The van der Waals surface area contributed by atoms with E-state index in [-0.39, 0.29) is 0 Å². The van der Waals surface area contributed by atoms with Gasteiger partial charge in [-0.15, -0.1) is 0 Å². The maximum atomic E-state index is 4.10. The number of pyridine rings is 1. The predicted octanol–water partition coefficient (Wildman–Crippen LogP) is 1.86. The van der Waals surface area contributed by atoms with Gasteiger partial charge in [0.15, 0.2) is 0 Å². The normalized spacial score (nSPS) is 10.2. The maximum absolute atomic E-state index is 4.10. The van der Waals surface area contributed by atoms with Crippen molar-refractivity contribution >= 4 is 28.6 Å². The van der Waals surface area contributed by atoms with Gasteiger partial charge in [0.05, 0.1) is 0 Å². The fourth-order valence-corrected chi connectivity index (χ4v) is 1.43. The smallest absolute Gasteiger partial charge is 0.0410 e. The van der Waals surface area contributed by atoms with Crippen LogP contribution in [0.25, 0.3) is 0 Å². The summed E-state index contributed by atoms with van der Waals surface area (Å²) in [7, 11) is 0. The van der Waals surface area contributed by atoms with Gasteiger partial charge in [0.25, 0.3) is 0 Å². The second kappa shape index (κ2) is 5.56. The molecule has 0 saturated heterocycles. The Morgan fingerprint density at radius 2 is 2.33 bits per heavy atom. The lowest BCUT2D eigenvalue weighted by atomic mass is 10.3. The van der Waals surface area contributed by atoms with Gasteiger partial charge in [-0.25, -0.2) is 0 Å². The van der Waals surface area contributed by atoms with Crippen molar-refractivity contribution in [1.29, 1.82) is 0 Å². The van der Waals surface area contributed by atoms with Crippen molar-refractivity contribution in [1.82, 2.24) is 10.3 Å². The van der Waals surface area contributed by atoms with Crippen LogP contribution in [0.3, 0.4) is 0 Å². The number of hydrogen-bond donors (Lipinski definition) is 2. The molecule has 1 aromatic heterocycles. The highest BCUT2D eigenvalue weighted by Crippen LogP contribution is 2.08. The summed E-state index contributed by atoms with van der Waals surface area (Å²) in [5, 5.41) is 3.24. The first-order valence-corrected chi connectivity index (χ1v) is 5.16. The molecule has 0 aliphatic heterocycles. The molecule has 1 aromatic rings. The number of halogens is 1. The van der Waals surface area contributed by atoms with Crippen LogP contribution in [0.5, 0.6) is 0 Å². The number of rotatable bonds is 4. The molecule has 0 atom stereocenters. The van der Waals surface area contributed by atoms with Gasteiger partial charge in [0.1, 0.15) is 0 Å². The Kier molecular flexibility index (Phi) is 4.65. The lowest BCUT2D eigenvalue weighted by Gasteiger charge is -2.02. The molecule has 0 unspecified atom stereocenters. The molecule has 1 heterocycles. The monoisotopic (exact) mass is 246 g/mol. The highest BCUT2D eigenvalue weighted by atomic mass is 79.9. The van der Waals surface area contributed by atoms with E-state index in [1.807, 2.05) is 6.20 Å². The molecule has 0 saturated carbocycles. The molecule has 66 valence electrons. The number of nitrogens with zero attached hydrogens (tertiary/aromatic N) is 1. The highest BCUT2D eigenvalue weighted by molar-refractivity contribution is 9.10. The highest BCUT2D eigenvalue weighted by Gasteiger charge is 1.92. The molecule has 0 aliphatic rings. The van der Waals surface area contributed by atoms with Crippen molar-refractivity contribution in [2.75, 3.05) is 12.3 Å². The zero-order valence-electron chi connectivity index (χ0n) is 6.63. The van der Waals surface area contributed by atoms with Crippen molar-refractivity contribution in [3.8, 4) is 0 Å². The number of nitrogens with one attached hydrogen (secondary N) is 1. The van der Waals surface area contributed by atoms with Crippen LogP contribution in [0.2, 0.25) is 0 Å². The van der Waals surface area contributed by atoms with Gasteiger partial charge >= 0.3 is 0 Å². The quantitative estimate of drug-likeness (QED) is 0.627. The Bertz CT molecular complexity index is 242. The third-order valence-corrected chi connectivity index (χ3v) is 2.04. The predicted molar refractivity (Wildman–Crippen MR) is 57.5 cm³/mol. The van der Waals surface area contributed by atoms with Gasteiger partial charge in [0, 0.05) is 35.7 Å². The van der Waals surface area contributed by atoms with E-state index in [9.17, 15) is 0 Å². The molecule has 0 aliphatic carbocycles. The zero-order valence-corrected chi connectivity index (χ0v) is 9.11. The minimum atomic E-state index is 0.854. The topological polar surface area (TPSA) is 24.9 Å². The summed E-state index contributed by atoms with van der Waals surface area (Å²) in [6.07, 6.45) is 3.64. The van der Waals surface area contributed by atoms with Crippen LogP contribution < -0.4 is 5.32 Å². The van der Waals surface area contributed by atoms with Crippen molar-refractivity contribution < 1.29 is 0 Å². The average molecular weight is 247 g/mol. The molecular formula is C8H11BrN2S. The van der Waals surface area contributed by atoms with Crippen LogP contribution in [-0.2, 0) is 6.54 Å². The minimum absolute atomic E-state index is 0.854. The van der Waals surface area contributed by atoms with Crippen molar-refractivity contribution in [3.05, 3.63) is 28.5 Å². The van der Waals surface area contributed by atoms with Crippen LogP contribution in [-0.4, -0.2) is 17.3 Å². The van der Waals surface area contributed by atoms with E-state index in [2.05, 4.69) is 44.9 Å². The first-order chi connectivity index (χ1) is 5.83. The minimum Gasteiger partial charge on any atom is -0.312 e. The average Bonchev–Trinajstić information content (AvgIpc) is 2.05.